The third-order valence-corrected chi connectivity index (χ3v) is 1.78. The topological polar surface area (TPSA) is 136 Å². The molecule has 1 aromatic carbocycles. The molecule has 0 spiro atoms. The molecule has 0 unspecified atom stereocenters. The predicted octanol–water partition coefficient (Wildman–Crippen LogP) is 1.17. The molecule has 0 aliphatic carbocycles. The van der Waals surface area contributed by atoms with E-state index in [1.165, 1.54) is 0 Å². The zero-order valence-electron chi connectivity index (χ0n) is 8.54. The number of hydrogen-bond donors (Lipinski definition) is 2. The van der Waals surface area contributed by atoms with Crippen LogP contribution < -0.4 is 5.32 Å². The molecule has 0 heterocycles. The van der Waals surface area contributed by atoms with E-state index >= 15 is 0 Å². The minimum Gasteiger partial charge on any atom is -0.507 e. The minimum atomic E-state index is -0.933. The number of amides is 1. The summed E-state index contributed by atoms with van der Waals surface area (Å²) in [6.45, 7) is 1.06. The van der Waals surface area contributed by atoms with Crippen molar-refractivity contribution < 1.29 is 19.7 Å². The number of phenolic OH excluding ortho intramolecular Hbond substituents is 1. The molecule has 9 nitrogen and oxygen atoms in total. The molecule has 0 radical (unpaired) electrons. The Morgan fingerprint density at radius 2 is 1.65 bits per heavy atom. The second-order valence-electron chi connectivity index (χ2n) is 3.05. The first-order chi connectivity index (χ1) is 7.82. The molecule has 1 amide bonds. The number of benzene rings is 1. The van der Waals surface area contributed by atoms with Crippen molar-refractivity contribution in [2.45, 2.75) is 6.92 Å². The van der Waals surface area contributed by atoms with Crippen molar-refractivity contribution in [3.63, 3.8) is 0 Å². The van der Waals surface area contributed by atoms with E-state index in [0.717, 1.165) is 19.1 Å². The van der Waals surface area contributed by atoms with Crippen molar-refractivity contribution in [2.75, 3.05) is 5.32 Å². The van der Waals surface area contributed by atoms with Crippen molar-refractivity contribution in [3.05, 3.63) is 32.4 Å². The average molecular weight is 241 g/mol. The first-order valence-electron chi connectivity index (χ1n) is 4.26. The summed E-state index contributed by atoms with van der Waals surface area (Å²) in [4.78, 5) is 30.3. The van der Waals surface area contributed by atoms with Gasteiger partial charge in [0.25, 0.3) is 0 Å². The number of hydrogen-bond acceptors (Lipinski definition) is 6. The fraction of sp³-hybridized carbons (Fsp3) is 0.125. The monoisotopic (exact) mass is 241 g/mol. The molecule has 0 aliphatic rings. The lowest BCUT2D eigenvalue weighted by Gasteiger charge is -2.04. The van der Waals surface area contributed by atoms with Crippen LogP contribution in [0.2, 0.25) is 0 Å². The number of rotatable bonds is 3. The molecule has 0 aliphatic heterocycles. The zero-order chi connectivity index (χ0) is 13.2. The van der Waals surface area contributed by atoms with Crippen LogP contribution in [0.25, 0.3) is 0 Å². The number of nitrogens with one attached hydrogen (secondary N) is 1. The van der Waals surface area contributed by atoms with Crippen molar-refractivity contribution in [2.24, 2.45) is 0 Å². The van der Waals surface area contributed by atoms with E-state index in [-0.39, 0.29) is 0 Å². The van der Waals surface area contributed by atoms with E-state index < -0.39 is 38.6 Å². The van der Waals surface area contributed by atoms with E-state index in [1.807, 2.05) is 5.32 Å². The van der Waals surface area contributed by atoms with Crippen molar-refractivity contribution in [1.82, 2.24) is 0 Å². The lowest BCUT2D eigenvalue weighted by Crippen LogP contribution is -2.10. The van der Waals surface area contributed by atoms with Gasteiger partial charge in [-0.15, -0.1) is 0 Å². The lowest BCUT2D eigenvalue weighted by molar-refractivity contribution is -0.392. The van der Waals surface area contributed by atoms with Crippen LogP contribution >= 0.6 is 0 Å². The fourth-order valence-corrected chi connectivity index (χ4v) is 1.19. The van der Waals surface area contributed by atoms with Crippen LogP contribution in [0.3, 0.4) is 0 Å². The number of aromatic hydroxyl groups is 1. The number of carbonyl (C=O) groups excluding carboxylic acids is 1. The minimum absolute atomic E-state index is 0.551. The molecule has 0 bridgehead atoms. The standard InChI is InChI=1S/C8H7N3O6/c1-4(12)9-8-6(10(14)15)2-5(13)3-7(8)11(16)17/h2-3,13H,1H3,(H,9,12). The molecule has 1 aromatic rings. The summed E-state index contributed by atoms with van der Waals surface area (Å²) in [5.41, 5.74) is -2.04. The molecule has 0 fully saturated rings. The normalized spacial score (nSPS) is 9.71. The summed E-state index contributed by atoms with van der Waals surface area (Å²) >= 11 is 0. The quantitative estimate of drug-likeness (QED) is 0.463. The molecule has 0 saturated heterocycles. The zero-order valence-corrected chi connectivity index (χ0v) is 8.54. The molecular formula is C8H7N3O6. The summed E-state index contributed by atoms with van der Waals surface area (Å²) in [5, 5.41) is 32.4. The van der Waals surface area contributed by atoms with Gasteiger partial charge in [-0.3, -0.25) is 25.0 Å². The molecule has 0 aromatic heterocycles. The maximum Gasteiger partial charge on any atom is 0.303 e. The Bertz CT molecular complexity index is 477. The highest BCUT2D eigenvalue weighted by atomic mass is 16.6. The first kappa shape index (κ1) is 12.4. The van der Waals surface area contributed by atoms with Gasteiger partial charge in [0.1, 0.15) is 5.75 Å². The summed E-state index contributed by atoms with van der Waals surface area (Å²) < 4.78 is 0. The molecule has 2 N–H and O–H groups in total. The Labute approximate surface area is 94.0 Å². The van der Waals surface area contributed by atoms with Gasteiger partial charge in [0.2, 0.25) is 5.91 Å². The maximum atomic E-state index is 10.8. The smallest absolute Gasteiger partial charge is 0.303 e. The van der Waals surface area contributed by atoms with Crippen LogP contribution in [-0.4, -0.2) is 20.9 Å². The van der Waals surface area contributed by atoms with Crippen LogP contribution in [0.15, 0.2) is 12.1 Å². The highest BCUT2D eigenvalue weighted by Gasteiger charge is 2.27. The second kappa shape index (κ2) is 4.43. The predicted molar refractivity (Wildman–Crippen MR) is 55.7 cm³/mol. The summed E-state index contributed by atoms with van der Waals surface area (Å²) in [6.07, 6.45) is 0. The first-order valence-corrected chi connectivity index (χ1v) is 4.26. The molecule has 1 rings (SSSR count). The highest BCUT2D eigenvalue weighted by molar-refractivity contribution is 5.95. The fourth-order valence-electron chi connectivity index (χ4n) is 1.19. The maximum absolute atomic E-state index is 10.8. The van der Waals surface area contributed by atoms with Gasteiger partial charge >= 0.3 is 11.4 Å². The molecular weight excluding hydrogens is 234 g/mol. The van der Waals surface area contributed by atoms with Crippen LogP contribution in [0.5, 0.6) is 5.75 Å². The Balaban J connectivity index is 3.52. The Morgan fingerprint density at radius 1 is 1.24 bits per heavy atom. The number of nitro benzene ring substituents is 2. The third-order valence-electron chi connectivity index (χ3n) is 1.78. The van der Waals surface area contributed by atoms with Crippen molar-refractivity contribution in [1.29, 1.82) is 0 Å². The molecule has 90 valence electrons. The van der Waals surface area contributed by atoms with Crippen LogP contribution in [0, 0.1) is 20.2 Å². The van der Waals surface area contributed by atoms with Crippen LogP contribution in [-0.2, 0) is 4.79 Å². The third kappa shape index (κ3) is 2.65. The van der Waals surface area contributed by atoms with E-state index in [9.17, 15) is 25.0 Å². The Morgan fingerprint density at radius 3 is 1.94 bits per heavy atom. The number of anilines is 1. The number of phenols is 1. The molecule has 0 atom stereocenters. The highest BCUT2D eigenvalue weighted by Crippen LogP contribution is 2.37. The van der Waals surface area contributed by atoms with Crippen LogP contribution in [0.4, 0.5) is 17.1 Å². The molecule has 9 heteroatoms. The van der Waals surface area contributed by atoms with Crippen molar-refractivity contribution >= 4 is 23.0 Å². The van der Waals surface area contributed by atoms with Gasteiger partial charge in [-0.1, -0.05) is 0 Å². The van der Waals surface area contributed by atoms with E-state index in [4.69, 9.17) is 5.11 Å². The van der Waals surface area contributed by atoms with Gasteiger partial charge in [0, 0.05) is 6.92 Å². The van der Waals surface area contributed by atoms with Gasteiger partial charge in [-0.2, -0.15) is 0 Å². The molecule has 17 heavy (non-hydrogen) atoms. The second-order valence-corrected chi connectivity index (χ2v) is 3.05. The number of nitro groups is 2. The van der Waals surface area contributed by atoms with Gasteiger partial charge in [-0.25, -0.2) is 0 Å². The molecule has 0 saturated carbocycles. The summed E-state index contributed by atoms with van der Waals surface area (Å²) in [7, 11) is 0. The van der Waals surface area contributed by atoms with E-state index in [2.05, 4.69) is 0 Å². The summed E-state index contributed by atoms with van der Waals surface area (Å²) in [5.74, 6) is -1.32. The average Bonchev–Trinajstić information content (AvgIpc) is 2.18. The van der Waals surface area contributed by atoms with Gasteiger partial charge < -0.3 is 10.4 Å². The van der Waals surface area contributed by atoms with E-state index in [1.54, 1.807) is 0 Å². The lowest BCUT2D eigenvalue weighted by atomic mass is 10.2. The van der Waals surface area contributed by atoms with E-state index in [0.29, 0.717) is 0 Å². The van der Waals surface area contributed by atoms with Gasteiger partial charge in [-0.05, 0) is 0 Å². The Hall–Kier alpha value is -2.71. The Kier molecular flexibility index (Phi) is 3.22. The largest absolute Gasteiger partial charge is 0.507 e. The SMILES string of the molecule is CC(=O)Nc1c([N+](=O)[O-])cc(O)cc1[N+](=O)[O-]. The van der Waals surface area contributed by atoms with Crippen molar-refractivity contribution in [3.8, 4) is 5.75 Å². The summed E-state index contributed by atoms with van der Waals surface area (Å²) in [6, 6.07) is 1.44. The van der Waals surface area contributed by atoms with Crippen LogP contribution in [0.1, 0.15) is 6.92 Å². The number of carbonyl (C=O) groups is 1. The van der Waals surface area contributed by atoms with Gasteiger partial charge in [0.05, 0.1) is 22.0 Å². The van der Waals surface area contributed by atoms with Gasteiger partial charge in [0.15, 0.2) is 5.69 Å². The number of nitrogens with zero attached hydrogens (tertiary/aromatic N) is 2.